The predicted octanol–water partition coefficient (Wildman–Crippen LogP) is 6.29. The highest BCUT2D eigenvalue weighted by Gasteiger charge is 2.23. The summed E-state index contributed by atoms with van der Waals surface area (Å²) >= 11 is 1.56. The predicted molar refractivity (Wildman–Crippen MR) is 151 cm³/mol. The van der Waals surface area contributed by atoms with E-state index in [9.17, 15) is 0 Å². The van der Waals surface area contributed by atoms with Gasteiger partial charge in [-0.15, -0.1) is 0 Å². The molecule has 0 saturated carbocycles. The van der Waals surface area contributed by atoms with Crippen LogP contribution in [-0.4, -0.2) is 47.8 Å². The van der Waals surface area contributed by atoms with Gasteiger partial charge in [0.05, 0.1) is 17.1 Å². The fraction of sp³-hybridized carbons (Fsp3) is 0.200. The van der Waals surface area contributed by atoms with Gasteiger partial charge in [0, 0.05) is 29.8 Å². The zero-order valence-corrected chi connectivity index (χ0v) is 21.7. The molecular weight excluding hydrogens is 490 g/mol. The first-order valence-electron chi connectivity index (χ1n) is 13.0. The van der Waals surface area contributed by atoms with Crippen LogP contribution in [0, 0.1) is 0 Å². The summed E-state index contributed by atoms with van der Waals surface area (Å²) in [6.07, 6.45) is 4.05. The Morgan fingerprint density at radius 1 is 0.895 bits per heavy atom. The van der Waals surface area contributed by atoms with Gasteiger partial charge >= 0.3 is 0 Å². The lowest BCUT2D eigenvalue weighted by Gasteiger charge is -2.31. The lowest BCUT2D eigenvalue weighted by atomic mass is 9.93. The van der Waals surface area contributed by atoms with Crippen molar-refractivity contribution in [3.63, 3.8) is 0 Å². The molecule has 0 bridgehead atoms. The number of hydrogen-bond acceptors (Lipinski definition) is 6. The van der Waals surface area contributed by atoms with Gasteiger partial charge in [0.15, 0.2) is 0 Å². The number of fused-ring (bicyclic) bond motifs is 1. The molecule has 0 spiro atoms. The van der Waals surface area contributed by atoms with Gasteiger partial charge in [-0.25, -0.2) is 9.50 Å². The van der Waals surface area contributed by atoms with Crippen LogP contribution < -0.4 is 0 Å². The van der Waals surface area contributed by atoms with E-state index < -0.39 is 0 Å². The summed E-state index contributed by atoms with van der Waals surface area (Å²) in [6.45, 7) is 3.09. The number of imidazole rings is 1. The molecule has 38 heavy (non-hydrogen) atoms. The van der Waals surface area contributed by atoms with Gasteiger partial charge in [-0.2, -0.15) is 10.2 Å². The van der Waals surface area contributed by atoms with Crippen molar-refractivity contribution in [2.75, 3.05) is 13.1 Å². The summed E-state index contributed by atoms with van der Waals surface area (Å²) < 4.78 is 1.96. The molecule has 2 aromatic carbocycles. The molecule has 6 aromatic rings. The van der Waals surface area contributed by atoms with E-state index in [0.29, 0.717) is 5.92 Å². The van der Waals surface area contributed by atoms with Crippen LogP contribution in [0.3, 0.4) is 0 Å². The average Bonchev–Trinajstić information content (AvgIpc) is 3.72. The van der Waals surface area contributed by atoms with Crippen LogP contribution in [0.15, 0.2) is 90.6 Å². The van der Waals surface area contributed by atoms with Crippen LogP contribution >= 0.6 is 11.3 Å². The normalized spacial score (nSPS) is 14.8. The minimum atomic E-state index is 0.487. The Morgan fingerprint density at radius 2 is 1.71 bits per heavy atom. The topological polar surface area (TPSA) is 75.0 Å². The van der Waals surface area contributed by atoms with Gasteiger partial charge in [0.25, 0.3) is 0 Å². The van der Waals surface area contributed by atoms with Gasteiger partial charge in [0.1, 0.15) is 16.9 Å². The first kappa shape index (κ1) is 23.0. The zero-order chi connectivity index (χ0) is 25.3. The second kappa shape index (κ2) is 9.96. The SMILES string of the molecule is c1ccc(-c2nc3scnn3c2-c2ccc(CN3CCC(c4cc(-c5ccccn5)[nH]n4)CC3)cc2)cc1. The molecule has 0 radical (unpaired) electrons. The smallest absolute Gasteiger partial charge is 0.213 e. The molecule has 1 aliphatic heterocycles. The maximum absolute atomic E-state index is 4.89. The van der Waals surface area contributed by atoms with E-state index in [1.54, 1.807) is 11.3 Å². The summed E-state index contributed by atoms with van der Waals surface area (Å²) in [4.78, 5) is 12.8. The highest BCUT2D eigenvalue weighted by Crippen LogP contribution is 2.34. The Hall–Kier alpha value is -4.14. The number of aromatic nitrogens is 6. The Balaban J connectivity index is 1.03. The van der Waals surface area contributed by atoms with E-state index in [1.165, 1.54) is 5.56 Å². The Labute approximate surface area is 224 Å². The van der Waals surface area contributed by atoms with Crippen molar-refractivity contribution >= 4 is 16.3 Å². The average molecular weight is 518 g/mol. The van der Waals surface area contributed by atoms with E-state index in [0.717, 1.165) is 77.0 Å². The number of pyridine rings is 1. The third-order valence-electron chi connectivity index (χ3n) is 7.37. The van der Waals surface area contributed by atoms with E-state index in [2.05, 4.69) is 79.8 Å². The Morgan fingerprint density at radius 3 is 2.50 bits per heavy atom. The van der Waals surface area contributed by atoms with E-state index in [1.807, 2.05) is 40.5 Å². The molecule has 8 heteroatoms. The first-order chi connectivity index (χ1) is 18.8. The van der Waals surface area contributed by atoms with Crippen molar-refractivity contribution in [1.29, 1.82) is 0 Å². The molecule has 0 aliphatic carbocycles. The lowest BCUT2D eigenvalue weighted by Crippen LogP contribution is -2.32. The van der Waals surface area contributed by atoms with Crippen molar-refractivity contribution in [2.45, 2.75) is 25.3 Å². The summed E-state index contributed by atoms with van der Waals surface area (Å²) in [5.41, 5.74) is 10.5. The van der Waals surface area contributed by atoms with Crippen LogP contribution in [0.5, 0.6) is 0 Å². The molecule has 1 fully saturated rings. The van der Waals surface area contributed by atoms with Gasteiger partial charge in [-0.1, -0.05) is 72.0 Å². The fourth-order valence-electron chi connectivity index (χ4n) is 5.36. The number of nitrogens with zero attached hydrogens (tertiary/aromatic N) is 6. The highest BCUT2D eigenvalue weighted by molar-refractivity contribution is 7.14. The first-order valence-corrected chi connectivity index (χ1v) is 13.9. The van der Waals surface area contributed by atoms with Gasteiger partial charge < -0.3 is 0 Å². The summed E-state index contributed by atoms with van der Waals surface area (Å²) in [7, 11) is 0. The fourth-order valence-corrected chi connectivity index (χ4v) is 5.98. The number of piperidine rings is 1. The zero-order valence-electron chi connectivity index (χ0n) is 20.9. The van der Waals surface area contributed by atoms with Crippen LogP contribution in [0.1, 0.15) is 30.0 Å². The number of aromatic amines is 1. The van der Waals surface area contributed by atoms with Gasteiger partial charge in [0.2, 0.25) is 4.96 Å². The van der Waals surface area contributed by atoms with Gasteiger partial charge in [-0.05, 0) is 49.7 Å². The highest BCUT2D eigenvalue weighted by atomic mass is 32.1. The number of nitrogens with one attached hydrogen (secondary N) is 1. The van der Waals surface area contributed by atoms with Crippen molar-refractivity contribution in [2.24, 2.45) is 0 Å². The lowest BCUT2D eigenvalue weighted by molar-refractivity contribution is 0.203. The summed E-state index contributed by atoms with van der Waals surface area (Å²) in [6, 6.07) is 27.4. The number of likely N-dealkylation sites (tertiary alicyclic amines) is 1. The van der Waals surface area contributed by atoms with Crippen molar-refractivity contribution in [1.82, 2.24) is 34.7 Å². The van der Waals surface area contributed by atoms with E-state index in [-0.39, 0.29) is 0 Å². The summed E-state index contributed by atoms with van der Waals surface area (Å²) in [5, 5.41) is 12.3. The number of H-pyrrole nitrogens is 1. The molecule has 4 aromatic heterocycles. The molecule has 0 atom stereocenters. The number of rotatable bonds is 6. The largest absolute Gasteiger partial charge is 0.299 e. The molecule has 7 nitrogen and oxygen atoms in total. The maximum Gasteiger partial charge on any atom is 0.213 e. The molecular formula is C30H27N7S. The second-order valence-electron chi connectivity index (χ2n) is 9.78. The van der Waals surface area contributed by atoms with Crippen LogP contribution in [-0.2, 0) is 6.54 Å². The molecule has 5 heterocycles. The van der Waals surface area contributed by atoms with Crippen LogP contribution in [0.4, 0.5) is 0 Å². The molecule has 1 saturated heterocycles. The quantitative estimate of drug-likeness (QED) is 0.281. The van der Waals surface area contributed by atoms with E-state index >= 15 is 0 Å². The molecule has 0 unspecified atom stereocenters. The minimum absolute atomic E-state index is 0.487. The molecule has 1 aliphatic rings. The minimum Gasteiger partial charge on any atom is -0.299 e. The third kappa shape index (κ3) is 4.42. The van der Waals surface area contributed by atoms with Crippen molar-refractivity contribution < 1.29 is 0 Å². The maximum atomic E-state index is 4.89. The third-order valence-corrected chi connectivity index (χ3v) is 8.05. The monoisotopic (exact) mass is 517 g/mol. The van der Waals surface area contributed by atoms with Crippen LogP contribution in [0.2, 0.25) is 0 Å². The molecule has 7 rings (SSSR count). The second-order valence-corrected chi connectivity index (χ2v) is 10.6. The van der Waals surface area contributed by atoms with Crippen molar-refractivity contribution in [3.05, 3.63) is 102 Å². The Kier molecular flexibility index (Phi) is 6.03. The molecule has 188 valence electrons. The Bertz CT molecular complexity index is 1640. The summed E-state index contributed by atoms with van der Waals surface area (Å²) in [5.74, 6) is 0.487. The van der Waals surface area contributed by atoms with Crippen LogP contribution in [0.25, 0.3) is 38.9 Å². The number of benzene rings is 2. The van der Waals surface area contributed by atoms with E-state index in [4.69, 9.17) is 4.98 Å². The number of hydrogen-bond donors (Lipinski definition) is 1. The molecule has 1 N–H and O–H groups in total. The standard InChI is InChI=1S/C30H27N7S/c1-2-6-23(7-3-1)28-29(37-30(33-28)38-20-32-37)24-11-9-21(10-12-24)19-36-16-13-22(14-17-36)26-18-27(35-34-26)25-8-4-5-15-31-25/h1-12,15,18,20,22H,13-14,16-17,19H2,(H,34,35). The van der Waals surface area contributed by atoms with Crippen molar-refractivity contribution in [3.8, 4) is 33.9 Å². The molecule has 0 amide bonds. The van der Waals surface area contributed by atoms with Gasteiger partial charge in [-0.3, -0.25) is 15.0 Å².